The molecule has 0 bridgehead atoms. The van der Waals surface area contributed by atoms with Crippen molar-refractivity contribution in [3.63, 3.8) is 0 Å². The van der Waals surface area contributed by atoms with Crippen molar-refractivity contribution in [2.45, 2.75) is 53.1 Å². The van der Waals surface area contributed by atoms with Crippen LogP contribution in [0.3, 0.4) is 0 Å². The summed E-state index contributed by atoms with van der Waals surface area (Å²) < 4.78 is 0. The molecule has 2 aromatic rings. The third-order valence-corrected chi connectivity index (χ3v) is 7.08. The molecule has 6 nitrogen and oxygen atoms in total. The number of carbonyl (C=O) groups excluding carboxylic acids is 3. The predicted octanol–water partition coefficient (Wildman–Crippen LogP) is 6.38. The van der Waals surface area contributed by atoms with Crippen molar-refractivity contribution in [3.05, 3.63) is 68.7 Å². The van der Waals surface area contributed by atoms with Crippen LogP contribution in [0.2, 0.25) is 10.0 Å². The Morgan fingerprint density at radius 3 is 2.31 bits per heavy atom. The van der Waals surface area contributed by atoms with E-state index in [4.69, 9.17) is 23.2 Å². The number of rotatable bonds is 3. The van der Waals surface area contributed by atoms with Gasteiger partial charge in [-0.1, -0.05) is 29.3 Å². The van der Waals surface area contributed by atoms with E-state index in [1.807, 2.05) is 13.0 Å². The van der Waals surface area contributed by atoms with Crippen molar-refractivity contribution in [3.8, 4) is 0 Å². The molecule has 4 amide bonds. The number of carbonyl (C=O) groups is 3. The lowest BCUT2D eigenvalue weighted by atomic mass is 9.85. The van der Waals surface area contributed by atoms with Crippen molar-refractivity contribution in [2.75, 3.05) is 9.80 Å². The number of benzene rings is 2. The lowest BCUT2D eigenvalue weighted by Crippen LogP contribution is -2.54. The molecule has 0 atom stereocenters. The number of anilines is 2. The van der Waals surface area contributed by atoms with E-state index in [1.165, 1.54) is 24.3 Å². The maximum absolute atomic E-state index is 13.3. The molecular weight excluding hydrogens is 485 g/mol. The van der Waals surface area contributed by atoms with Gasteiger partial charge in [0.25, 0.3) is 11.8 Å². The summed E-state index contributed by atoms with van der Waals surface area (Å²) in [5, 5.41) is 2.73. The molecule has 1 N–H and O–H groups in total. The maximum Gasteiger partial charge on any atom is 0.335 e. The Kier molecular flexibility index (Phi) is 6.32. The number of nitrogens with one attached hydrogen (secondary N) is 1. The maximum atomic E-state index is 13.3. The summed E-state index contributed by atoms with van der Waals surface area (Å²) in [6, 6.07) is 7.92. The number of allylic oxidation sites excluding steroid dienone is 1. The predicted molar refractivity (Wildman–Crippen MR) is 142 cm³/mol. The highest BCUT2D eigenvalue weighted by atomic mass is 35.5. The molecule has 4 rings (SSSR count). The third-order valence-electron chi connectivity index (χ3n) is 6.34. The number of halogens is 2. The average Bonchev–Trinajstić information content (AvgIpc) is 2.73. The first-order valence-corrected chi connectivity index (χ1v) is 12.1. The van der Waals surface area contributed by atoms with Crippen LogP contribution in [0.25, 0.3) is 11.6 Å². The van der Waals surface area contributed by atoms with Crippen LogP contribution >= 0.6 is 23.2 Å². The van der Waals surface area contributed by atoms with E-state index < -0.39 is 17.8 Å². The van der Waals surface area contributed by atoms with Gasteiger partial charge in [-0.2, -0.15) is 0 Å². The van der Waals surface area contributed by atoms with Gasteiger partial charge in [0, 0.05) is 17.3 Å². The van der Waals surface area contributed by atoms with Crippen molar-refractivity contribution in [2.24, 2.45) is 0 Å². The largest absolute Gasteiger partial charge is 0.360 e. The van der Waals surface area contributed by atoms with Gasteiger partial charge in [0.1, 0.15) is 5.57 Å². The minimum atomic E-state index is -0.841. The molecule has 2 aromatic carbocycles. The molecule has 2 heterocycles. The Morgan fingerprint density at radius 1 is 1.00 bits per heavy atom. The highest BCUT2D eigenvalue weighted by molar-refractivity contribution is 6.43. The number of barbiturate groups is 1. The van der Waals surface area contributed by atoms with Crippen molar-refractivity contribution in [1.82, 2.24) is 5.32 Å². The van der Waals surface area contributed by atoms with Gasteiger partial charge in [0.15, 0.2) is 0 Å². The van der Waals surface area contributed by atoms with Crippen LogP contribution in [-0.4, -0.2) is 29.4 Å². The summed E-state index contributed by atoms with van der Waals surface area (Å²) in [4.78, 5) is 41.8. The summed E-state index contributed by atoms with van der Waals surface area (Å²) in [6.45, 7) is 12.7. The number of hydrogen-bond acceptors (Lipinski definition) is 4. The normalized spacial score (nSPS) is 18.7. The van der Waals surface area contributed by atoms with Crippen LogP contribution in [0.4, 0.5) is 16.2 Å². The average molecular weight is 512 g/mol. The number of hydrogen-bond donors (Lipinski definition) is 1. The van der Waals surface area contributed by atoms with Crippen LogP contribution in [0.15, 0.2) is 42.0 Å². The number of aryl methyl sites for hydroxylation is 1. The van der Waals surface area contributed by atoms with Crippen molar-refractivity contribution >= 4 is 64.1 Å². The fourth-order valence-electron chi connectivity index (χ4n) is 4.98. The molecule has 2 aliphatic heterocycles. The van der Waals surface area contributed by atoms with E-state index >= 15 is 0 Å². The first kappa shape index (κ1) is 25.0. The summed E-state index contributed by atoms with van der Waals surface area (Å²) in [6.07, 6.45) is 3.77. The molecule has 0 spiro atoms. The first-order chi connectivity index (χ1) is 16.3. The summed E-state index contributed by atoms with van der Waals surface area (Å²) in [7, 11) is 0. The third kappa shape index (κ3) is 4.37. The molecule has 0 aromatic heterocycles. The molecular formula is C27H27Cl2N3O3. The number of urea groups is 1. The Bertz CT molecular complexity index is 1340. The van der Waals surface area contributed by atoms with Gasteiger partial charge in [-0.05, 0) is 94.7 Å². The van der Waals surface area contributed by atoms with Gasteiger partial charge < -0.3 is 4.90 Å². The highest BCUT2D eigenvalue weighted by Crippen LogP contribution is 2.42. The van der Waals surface area contributed by atoms with E-state index in [0.29, 0.717) is 5.02 Å². The van der Waals surface area contributed by atoms with Gasteiger partial charge in [-0.3, -0.25) is 14.9 Å². The Labute approximate surface area is 215 Å². The molecule has 0 aliphatic carbocycles. The Morgan fingerprint density at radius 2 is 1.69 bits per heavy atom. The molecule has 8 heteroatoms. The monoisotopic (exact) mass is 511 g/mol. The number of nitrogens with zero attached hydrogens (tertiary/aromatic N) is 2. The second-order valence-corrected chi connectivity index (χ2v) is 10.5. The lowest BCUT2D eigenvalue weighted by Gasteiger charge is -2.46. The van der Waals surface area contributed by atoms with Gasteiger partial charge in [-0.15, -0.1) is 0 Å². The van der Waals surface area contributed by atoms with E-state index in [0.717, 1.165) is 32.9 Å². The first-order valence-electron chi connectivity index (χ1n) is 11.3. The fraction of sp³-hybridized carbons (Fsp3) is 0.296. The van der Waals surface area contributed by atoms with E-state index in [-0.39, 0.29) is 27.9 Å². The van der Waals surface area contributed by atoms with Crippen LogP contribution in [-0.2, 0) is 9.59 Å². The minimum Gasteiger partial charge on any atom is -0.360 e. The number of imide groups is 2. The second-order valence-electron chi connectivity index (χ2n) is 9.73. The van der Waals surface area contributed by atoms with Gasteiger partial charge in [-0.25, -0.2) is 9.69 Å². The zero-order valence-electron chi connectivity index (χ0n) is 20.5. The Balaban J connectivity index is 1.81. The topological polar surface area (TPSA) is 69.7 Å². The summed E-state index contributed by atoms with van der Waals surface area (Å²) >= 11 is 12.1. The smallest absolute Gasteiger partial charge is 0.335 e. The molecule has 0 radical (unpaired) electrons. The molecule has 0 unspecified atom stereocenters. The molecule has 182 valence electrons. The minimum absolute atomic E-state index is 0.141. The second kappa shape index (κ2) is 8.85. The zero-order chi connectivity index (χ0) is 25.8. The van der Waals surface area contributed by atoms with Gasteiger partial charge in [0.2, 0.25) is 0 Å². The summed E-state index contributed by atoms with van der Waals surface area (Å²) in [5.41, 5.74) is 4.82. The molecule has 2 aliphatic rings. The molecule has 35 heavy (non-hydrogen) atoms. The lowest BCUT2D eigenvalue weighted by molar-refractivity contribution is -0.122. The van der Waals surface area contributed by atoms with Crippen molar-refractivity contribution in [1.29, 1.82) is 0 Å². The fourth-order valence-corrected chi connectivity index (χ4v) is 5.28. The number of amides is 4. The van der Waals surface area contributed by atoms with Gasteiger partial charge >= 0.3 is 6.03 Å². The Hall–Kier alpha value is -3.09. The highest BCUT2D eigenvalue weighted by Gasteiger charge is 2.38. The van der Waals surface area contributed by atoms with Crippen LogP contribution < -0.4 is 15.1 Å². The van der Waals surface area contributed by atoms with Crippen LogP contribution in [0.1, 0.15) is 51.3 Å². The quantitative estimate of drug-likeness (QED) is 0.383. The van der Waals surface area contributed by atoms with Crippen LogP contribution in [0.5, 0.6) is 0 Å². The standard InChI is InChI=1S/C27H27Cl2N3O3/c1-14(2)32-23-9-15(3)17(10-19(23)16(4)13-27(32,5)6)11-20-24(33)30-26(35)31(25(20)34)18-7-8-21(28)22(29)12-18/h7-14H,1-6H3,(H,30,33,35)/b20-11+. The van der Waals surface area contributed by atoms with Crippen LogP contribution in [0, 0.1) is 6.92 Å². The van der Waals surface area contributed by atoms with E-state index in [2.05, 4.69) is 57.0 Å². The van der Waals surface area contributed by atoms with Crippen molar-refractivity contribution < 1.29 is 14.4 Å². The molecule has 1 saturated heterocycles. The SMILES string of the molecule is CC1=CC(C)(C)N(C(C)C)c2cc(C)c(/C=C3\C(=O)NC(=O)N(c4ccc(Cl)c(Cl)c4)C3=O)cc21. The van der Waals surface area contributed by atoms with E-state index in [9.17, 15) is 14.4 Å². The molecule has 1 fully saturated rings. The summed E-state index contributed by atoms with van der Waals surface area (Å²) in [5.74, 6) is -1.47. The van der Waals surface area contributed by atoms with E-state index in [1.54, 1.807) is 0 Å². The van der Waals surface area contributed by atoms with Gasteiger partial charge in [0.05, 0.1) is 21.3 Å². The molecule has 0 saturated carbocycles. The number of fused-ring (bicyclic) bond motifs is 1. The zero-order valence-corrected chi connectivity index (χ0v) is 22.0.